The van der Waals surface area contributed by atoms with E-state index < -0.39 is 6.04 Å². The van der Waals surface area contributed by atoms with E-state index in [1.54, 1.807) is 0 Å². The number of likely N-dealkylation sites (tertiary alicyclic amines) is 1. The molecule has 0 aliphatic carbocycles. The lowest BCUT2D eigenvalue weighted by molar-refractivity contribution is -0.123. The highest BCUT2D eigenvalue weighted by Gasteiger charge is 2.27. The summed E-state index contributed by atoms with van der Waals surface area (Å²) in [7, 11) is 2.12. The molecule has 1 aliphatic heterocycles. The van der Waals surface area contributed by atoms with Gasteiger partial charge in [-0.3, -0.25) is 4.79 Å². The van der Waals surface area contributed by atoms with E-state index in [0.717, 1.165) is 25.1 Å². The van der Waals surface area contributed by atoms with Crippen LogP contribution in [0, 0.1) is 5.92 Å². The molecule has 20 heavy (non-hydrogen) atoms. The van der Waals surface area contributed by atoms with Crippen molar-refractivity contribution in [1.82, 2.24) is 10.2 Å². The van der Waals surface area contributed by atoms with Crippen molar-refractivity contribution in [1.29, 1.82) is 0 Å². The van der Waals surface area contributed by atoms with E-state index in [1.807, 2.05) is 30.3 Å². The average Bonchev–Trinajstić information content (AvgIpc) is 2.43. The van der Waals surface area contributed by atoms with E-state index in [1.165, 1.54) is 0 Å². The molecular formula is C16H25N3O. The van der Waals surface area contributed by atoms with Gasteiger partial charge >= 0.3 is 0 Å². The number of benzene rings is 1. The van der Waals surface area contributed by atoms with Gasteiger partial charge in [-0.1, -0.05) is 37.3 Å². The number of carbonyl (C=O) groups excluding carboxylic acids is 1. The average molecular weight is 275 g/mol. The molecule has 0 bridgehead atoms. The first kappa shape index (κ1) is 15.0. The van der Waals surface area contributed by atoms with Crippen molar-refractivity contribution in [3.8, 4) is 0 Å². The van der Waals surface area contributed by atoms with E-state index in [2.05, 4.69) is 24.2 Å². The molecule has 4 heteroatoms. The molecule has 0 radical (unpaired) electrons. The van der Waals surface area contributed by atoms with Gasteiger partial charge in [0.2, 0.25) is 5.91 Å². The maximum Gasteiger partial charge on any atom is 0.237 e. The van der Waals surface area contributed by atoms with Crippen LogP contribution in [-0.2, 0) is 11.2 Å². The van der Waals surface area contributed by atoms with Crippen LogP contribution in [0.1, 0.15) is 18.9 Å². The molecule has 0 spiro atoms. The Labute approximate surface area is 121 Å². The predicted octanol–water partition coefficient (Wildman–Crippen LogP) is 1.01. The van der Waals surface area contributed by atoms with E-state index in [4.69, 9.17) is 5.73 Å². The van der Waals surface area contributed by atoms with Crippen molar-refractivity contribution in [2.45, 2.75) is 31.8 Å². The van der Waals surface area contributed by atoms with Crippen molar-refractivity contribution < 1.29 is 4.79 Å². The second-order valence-electron chi connectivity index (χ2n) is 5.94. The van der Waals surface area contributed by atoms with Gasteiger partial charge in [-0.2, -0.15) is 0 Å². The quantitative estimate of drug-likeness (QED) is 0.862. The number of hydrogen-bond acceptors (Lipinski definition) is 3. The fraction of sp³-hybridized carbons (Fsp3) is 0.562. The SMILES string of the molecule is CC1CN(C)CCC1NC(=O)[C@@H](N)Cc1ccccc1. The number of hydrogen-bond donors (Lipinski definition) is 2. The molecular weight excluding hydrogens is 250 g/mol. The minimum atomic E-state index is -0.468. The normalized spacial score (nSPS) is 25.1. The standard InChI is InChI=1S/C16H25N3O/c1-12-11-19(2)9-8-15(12)18-16(20)14(17)10-13-6-4-3-5-7-13/h3-7,12,14-15H,8-11,17H2,1-2H3,(H,18,20)/t12?,14-,15?/m0/s1. The van der Waals surface area contributed by atoms with Crippen LogP contribution in [0.4, 0.5) is 0 Å². The monoisotopic (exact) mass is 275 g/mol. The fourth-order valence-corrected chi connectivity index (χ4v) is 2.82. The zero-order valence-corrected chi connectivity index (χ0v) is 12.4. The third-order valence-corrected chi connectivity index (χ3v) is 4.07. The molecule has 1 aromatic rings. The Bertz CT molecular complexity index is 435. The summed E-state index contributed by atoms with van der Waals surface area (Å²) in [6.45, 7) is 4.24. The summed E-state index contributed by atoms with van der Waals surface area (Å²) >= 11 is 0. The third kappa shape index (κ3) is 4.05. The second kappa shape index (κ2) is 6.86. The zero-order valence-electron chi connectivity index (χ0n) is 12.4. The first-order valence-electron chi connectivity index (χ1n) is 7.34. The van der Waals surface area contributed by atoms with Crippen molar-refractivity contribution in [2.75, 3.05) is 20.1 Å². The van der Waals surface area contributed by atoms with Gasteiger partial charge in [-0.25, -0.2) is 0 Å². The lowest BCUT2D eigenvalue weighted by atomic mass is 9.93. The van der Waals surface area contributed by atoms with Gasteiger partial charge in [0.05, 0.1) is 6.04 Å². The minimum Gasteiger partial charge on any atom is -0.352 e. The topological polar surface area (TPSA) is 58.4 Å². The molecule has 0 aromatic heterocycles. The maximum absolute atomic E-state index is 12.2. The van der Waals surface area contributed by atoms with Gasteiger partial charge in [0.1, 0.15) is 0 Å². The Morgan fingerprint density at radius 3 is 2.80 bits per heavy atom. The number of carbonyl (C=O) groups is 1. The minimum absolute atomic E-state index is 0.0322. The molecule has 1 amide bonds. The van der Waals surface area contributed by atoms with Crippen LogP contribution in [0.25, 0.3) is 0 Å². The molecule has 1 fully saturated rings. The molecule has 1 aliphatic rings. The summed E-state index contributed by atoms with van der Waals surface area (Å²) in [6, 6.07) is 9.70. The van der Waals surface area contributed by atoms with E-state index >= 15 is 0 Å². The Morgan fingerprint density at radius 1 is 1.45 bits per heavy atom. The summed E-state index contributed by atoms with van der Waals surface area (Å²) < 4.78 is 0. The van der Waals surface area contributed by atoms with Crippen molar-refractivity contribution in [2.24, 2.45) is 11.7 Å². The summed E-state index contributed by atoms with van der Waals surface area (Å²) in [5.41, 5.74) is 7.12. The van der Waals surface area contributed by atoms with Gasteiger partial charge in [-0.15, -0.1) is 0 Å². The largest absolute Gasteiger partial charge is 0.352 e. The highest BCUT2D eigenvalue weighted by Crippen LogP contribution is 2.15. The molecule has 3 atom stereocenters. The third-order valence-electron chi connectivity index (χ3n) is 4.07. The number of amides is 1. The van der Waals surface area contributed by atoms with Crippen LogP contribution in [0.2, 0.25) is 0 Å². The number of nitrogens with one attached hydrogen (secondary N) is 1. The smallest absolute Gasteiger partial charge is 0.237 e. The van der Waals surface area contributed by atoms with Crippen molar-refractivity contribution in [3.05, 3.63) is 35.9 Å². The van der Waals surface area contributed by atoms with Crippen molar-refractivity contribution >= 4 is 5.91 Å². The summed E-state index contributed by atoms with van der Waals surface area (Å²) in [6.07, 6.45) is 1.59. The Kier molecular flexibility index (Phi) is 5.15. The zero-order chi connectivity index (χ0) is 14.5. The van der Waals surface area contributed by atoms with E-state index in [-0.39, 0.29) is 11.9 Å². The number of rotatable bonds is 4. The number of nitrogens with zero attached hydrogens (tertiary/aromatic N) is 1. The second-order valence-corrected chi connectivity index (χ2v) is 5.94. The van der Waals surface area contributed by atoms with Gasteiger partial charge in [0.15, 0.2) is 0 Å². The molecule has 1 aromatic carbocycles. The number of piperidine rings is 1. The summed E-state index contributed by atoms with van der Waals surface area (Å²) in [5, 5.41) is 3.12. The van der Waals surface area contributed by atoms with Crippen LogP contribution < -0.4 is 11.1 Å². The lowest BCUT2D eigenvalue weighted by Crippen LogP contribution is -2.53. The Morgan fingerprint density at radius 2 is 2.15 bits per heavy atom. The molecule has 1 saturated heterocycles. The first-order valence-corrected chi connectivity index (χ1v) is 7.34. The molecule has 3 N–H and O–H groups in total. The highest BCUT2D eigenvalue weighted by molar-refractivity contribution is 5.82. The van der Waals surface area contributed by atoms with Crippen molar-refractivity contribution in [3.63, 3.8) is 0 Å². The first-order chi connectivity index (χ1) is 9.56. The van der Waals surface area contributed by atoms with Gasteiger partial charge in [0.25, 0.3) is 0 Å². The summed E-state index contributed by atoms with van der Waals surface area (Å²) in [4.78, 5) is 14.5. The van der Waals surface area contributed by atoms with Gasteiger partial charge in [-0.05, 0) is 37.9 Å². The summed E-state index contributed by atoms with van der Waals surface area (Å²) in [5.74, 6) is 0.442. The predicted molar refractivity (Wildman–Crippen MR) is 81.3 cm³/mol. The fourth-order valence-electron chi connectivity index (χ4n) is 2.82. The molecule has 110 valence electrons. The van der Waals surface area contributed by atoms with Gasteiger partial charge < -0.3 is 16.0 Å². The molecule has 1 heterocycles. The van der Waals surface area contributed by atoms with E-state index in [0.29, 0.717) is 12.3 Å². The Balaban J connectivity index is 1.85. The van der Waals surface area contributed by atoms with Crippen LogP contribution in [0.3, 0.4) is 0 Å². The lowest BCUT2D eigenvalue weighted by Gasteiger charge is -2.35. The maximum atomic E-state index is 12.2. The Hall–Kier alpha value is -1.39. The number of nitrogens with two attached hydrogens (primary N) is 1. The molecule has 0 saturated carbocycles. The highest BCUT2D eigenvalue weighted by atomic mass is 16.2. The van der Waals surface area contributed by atoms with Crippen LogP contribution in [0.15, 0.2) is 30.3 Å². The van der Waals surface area contributed by atoms with Crippen LogP contribution in [-0.4, -0.2) is 43.0 Å². The molecule has 2 unspecified atom stereocenters. The van der Waals surface area contributed by atoms with Crippen LogP contribution >= 0.6 is 0 Å². The van der Waals surface area contributed by atoms with Gasteiger partial charge in [0, 0.05) is 12.6 Å². The molecule has 2 rings (SSSR count). The van der Waals surface area contributed by atoms with E-state index in [9.17, 15) is 4.79 Å². The molecule has 4 nitrogen and oxygen atoms in total. The van der Waals surface area contributed by atoms with Crippen LogP contribution in [0.5, 0.6) is 0 Å².